The zero-order chi connectivity index (χ0) is 9.84. The summed E-state index contributed by atoms with van der Waals surface area (Å²) in [4.78, 5) is 7.85. The van der Waals surface area contributed by atoms with Crippen molar-refractivity contribution in [3.05, 3.63) is 6.07 Å². The average molecular weight is 198 g/mol. The van der Waals surface area contributed by atoms with E-state index in [1.807, 2.05) is 0 Å². The Labute approximate surface area is 82.1 Å². The third kappa shape index (κ3) is 3.50. The van der Waals surface area contributed by atoms with Gasteiger partial charge in [-0.25, -0.2) is 4.98 Å². The van der Waals surface area contributed by atoms with Gasteiger partial charge in [0.1, 0.15) is 10.8 Å². The van der Waals surface area contributed by atoms with Crippen molar-refractivity contribution < 1.29 is 0 Å². The van der Waals surface area contributed by atoms with Gasteiger partial charge < -0.3 is 11.5 Å². The molecule has 0 saturated carbocycles. The Morgan fingerprint density at radius 3 is 2.62 bits per heavy atom. The average Bonchev–Trinajstić information content (AvgIpc) is 1.99. The Kier molecular flexibility index (Phi) is 3.36. The Balaban J connectivity index is 2.66. The van der Waals surface area contributed by atoms with Gasteiger partial charge in [0.15, 0.2) is 0 Å². The van der Waals surface area contributed by atoms with E-state index >= 15 is 0 Å². The van der Waals surface area contributed by atoms with Crippen LogP contribution in [0.2, 0.25) is 0 Å². The Morgan fingerprint density at radius 2 is 2.08 bits per heavy atom. The number of aromatic nitrogens is 2. The molecule has 0 aromatic carbocycles. The van der Waals surface area contributed by atoms with E-state index in [1.54, 1.807) is 17.8 Å². The molecule has 72 valence electrons. The number of nitrogens with zero attached hydrogens (tertiary/aromatic N) is 2. The van der Waals surface area contributed by atoms with Gasteiger partial charge in [0.2, 0.25) is 5.95 Å². The van der Waals surface area contributed by atoms with Crippen LogP contribution in [0.25, 0.3) is 0 Å². The van der Waals surface area contributed by atoms with E-state index in [-0.39, 0.29) is 5.95 Å². The van der Waals surface area contributed by atoms with Crippen molar-refractivity contribution in [2.24, 2.45) is 5.92 Å². The zero-order valence-corrected chi connectivity index (χ0v) is 8.64. The lowest BCUT2D eigenvalue weighted by molar-refractivity contribution is 0.749. The molecule has 5 heteroatoms. The van der Waals surface area contributed by atoms with Crippen molar-refractivity contribution in [1.29, 1.82) is 0 Å². The predicted molar refractivity (Wildman–Crippen MR) is 56.4 cm³/mol. The number of nitrogens with two attached hydrogens (primary N) is 2. The molecular formula is C8H14N4S. The lowest BCUT2D eigenvalue weighted by atomic mass is 10.3. The molecule has 0 saturated heterocycles. The fourth-order valence-corrected chi connectivity index (χ4v) is 1.65. The molecule has 1 aromatic rings. The van der Waals surface area contributed by atoms with Crippen molar-refractivity contribution >= 4 is 23.5 Å². The summed E-state index contributed by atoms with van der Waals surface area (Å²) in [6, 6.07) is 1.74. The van der Waals surface area contributed by atoms with E-state index < -0.39 is 0 Å². The fraction of sp³-hybridized carbons (Fsp3) is 0.500. The number of hydrogen-bond donors (Lipinski definition) is 2. The monoisotopic (exact) mass is 198 g/mol. The molecule has 0 unspecified atom stereocenters. The quantitative estimate of drug-likeness (QED) is 0.567. The van der Waals surface area contributed by atoms with Crippen LogP contribution < -0.4 is 11.5 Å². The molecule has 1 heterocycles. The molecule has 13 heavy (non-hydrogen) atoms. The number of rotatable bonds is 3. The molecule has 0 bridgehead atoms. The molecule has 0 amide bonds. The van der Waals surface area contributed by atoms with Crippen molar-refractivity contribution in [3.63, 3.8) is 0 Å². The Bertz CT molecular complexity index is 267. The van der Waals surface area contributed by atoms with Gasteiger partial charge in [-0.3, -0.25) is 0 Å². The molecule has 0 spiro atoms. The van der Waals surface area contributed by atoms with Gasteiger partial charge in [0.05, 0.1) is 0 Å². The second-order valence-corrected chi connectivity index (χ2v) is 4.23. The van der Waals surface area contributed by atoms with E-state index in [1.165, 1.54) is 0 Å². The summed E-state index contributed by atoms with van der Waals surface area (Å²) < 4.78 is 0. The first-order valence-corrected chi connectivity index (χ1v) is 5.09. The van der Waals surface area contributed by atoms with Crippen LogP contribution in [0, 0.1) is 5.92 Å². The summed E-state index contributed by atoms with van der Waals surface area (Å²) >= 11 is 1.65. The molecule has 0 aliphatic rings. The van der Waals surface area contributed by atoms with Crippen LogP contribution in [0.5, 0.6) is 0 Å². The number of nitrogen functional groups attached to an aromatic ring is 2. The SMILES string of the molecule is CC(C)CSc1cc(N)nc(N)n1. The van der Waals surface area contributed by atoms with E-state index in [9.17, 15) is 0 Å². The highest BCUT2D eigenvalue weighted by Gasteiger charge is 2.01. The molecule has 0 fully saturated rings. The lowest BCUT2D eigenvalue weighted by Gasteiger charge is -2.04. The van der Waals surface area contributed by atoms with Gasteiger partial charge in [-0.15, -0.1) is 11.8 Å². The molecule has 1 rings (SSSR count). The van der Waals surface area contributed by atoms with Gasteiger partial charge in [0, 0.05) is 11.8 Å². The van der Waals surface area contributed by atoms with Crippen molar-refractivity contribution in [1.82, 2.24) is 9.97 Å². The maximum atomic E-state index is 5.52. The standard InChI is InChI=1S/C8H14N4S/c1-5(2)4-13-7-3-6(9)11-8(10)12-7/h3,5H,4H2,1-2H3,(H4,9,10,11,12). The second-order valence-electron chi connectivity index (χ2n) is 3.19. The molecule has 0 aliphatic carbocycles. The topological polar surface area (TPSA) is 77.8 Å². The van der Waals surface area contributed by atoms with Gasteiger partial charge >= 0.3 is 0 Å². The van der Waals surface area contributed by atoms with E-state index in [0.29, 0.717) is 11.7 Å². The minimum absolute atomic E-state index is 0.242. The summed E-state index contributed by atoms with van der Waals surface area (Å²) in [5.41, 5.74) is 11.0. The van der Waals surface area contributed by atoms with Crippen LogP contribution in [-0.4, -0.2) is 15.7 Å². The Morgan fingerprint density at radius 1 is 1.38 bits per heavy atom. The molecule has 0 radical (unpaired) electrons. The van der Waals surface area contributed by atoms with E-state index in [2.05, 4.69) is 23.8 Å². The van der Waals surface area contributed by atoms with Crippen LogP contribution in [0.1, 0.15) is 13.8 Å². The van der Waals surface area contributed by atoms with Crippen LogP contribution in [0.15, 0.2) is 11.1 Å². The summed E-state index contributed by atoms with van der Waals surface area (Å²) in [5.74, 6) is 2.31. The number of anilines is 2. The molecule has 4 nitrogen and oxygen atoms in total. The zero-order valence-electron chi connectivity index (χ0n) is 7.82. The largest absolute Gasteiger partial charge is 0.383 e. The van der Waals surface area contributed by atoms with E-state index in [0.717, 1.165) is 10.8 Å². The van der Waals surface area contributed by atoms with Crippen LogP contribution in [0.3, 0.4) is 0 Å². The first-order valence-electron chi connectivity index (χ1n) is 4.10. The summed E-state index contributed by atoms with van der Waals surface area (Å²) in [5, 5.41) is 0.846. The molecule has 0 aliphatic heterocycles. The summed E-state index contributed by atoms with van der Waals surface area (Å²) in [6.45, 7) is 4.31. The predicted octanol–water partition coefficient (Wildman–Crippen LogP) is 1.39. The fourth-order valence-electron chi connectivity index (χ4n) is 0.787. The highest BCUT2D eigenvalue weighted by Crippen LogP contribution is 2.20. The minimum Gasteiger partial charge on any atom is -0.383 e. The van der Waals surface area contributed by atoms with Crippen molar-refractivity contribution in [2.75, 3.05) is 17.2 Å². The minimum atomic E-state index is 0.242. The van der Waals surface area contributed by atoms with Gasteiger partial charge in [-0.05, 0) is 5.92 Å². The van der Waals surface area contributed by atoms with Crippen molar-refractivity contribution in [2.45, 2.75) is 18.9 Å². The maximum Gasteiger partial charge on any atom is 0.223 e. The Hall–Kier alpha value is -0.970. The molecular weight excluding hydrogens is 184 g/mol. The maximum absolute atomic E-state index is 5.52. The summed E-state index contributed by atoms with van der Waals surface area (Å²) in [6.07, 6.45) is 0. The van der Waals surface area contributed by atoms with Gasteiger partial charge in [-0.1, -0.05) is 13.8 Å². The molecule has 1 aromatic heterocycles. The van der Waals surface area contributed by atoms with Gasteiger partial charge in [0.25, 0.3) is 0 Å². The summed E-state index contributed by atoms with van der Waals surface area (Å²) in [7, 11) is 0. The second kappa shape index (κ2) is 4.32. The smallest absolute Gasteiger partial charge is 0.223 e. The van der Waals surface area contributed by atoms with Crippen LogP contribution in [-0.2, 0) is 0 Å². The first kappa shape index (κ1) is 10.1. The third-order valence-corrected chi connectivity index (χ3v) is 2.64. The highest BCUT2D eigenvalue weighted by atomic mass is 32.2. The first-order chi connectivity index (χ1) is 6.08. The van der Waals surface area contributed by atoms with Gasteiger partial charge in [-0.2, -0.15) is 4.98 Å². The van der Waals surface area contributed by atoms with Crippen LogP contribution >= 0.6 is 11.8 Å². The van der Waals surface area contributed by atoms with Crippen molar-refractivity contribution in [3.8, 4) is 0 Å². The normalized spacial score (nSPS) is 10.7. The number of thioether (sulfide) groups is 1. The molecule has 0 atom stereocenters. The van der Waals surface area contributed by atoms with Crippen LogP contribution in [0.4, 0.5) is 11.8 Å². The van der Waals surface area contributed by atoms with E-state index in [4.69, 9.17) is 11.5 Å². The highest BCUT2D eigenvalue weighted by molar-refractivity contribution is 7.99. The third-order valence-electron chi connectivity index (χ3n) is 1.30. The molecule has 4 N–H and O–H groups in total. The lowest BCUT2D eigenvalue weighted by Crippen LogP contribution is -2.01. The number of hydrogen-bond acceptors (Lipinski definition) is 5.